The van der Waals surface area contributed by atoms with E-state index in [1.54, 1.807) is 16.7 Å². The van der Waals surface area contributed by atoms with Gasteiger partial charge in [-0.2, -0.15) is 5.10 Å². The van der Waals surface area contributed by atoms with Crippen molar-refractivity contribution < 1.29 is 4.79 Å². The third-order valence-corrected chi connectivity index (χ3v) is 6.93. The van der Waals surface area contributed by atoms with Gasteiger partial charge < -0.3 is 4.90 Å². The van der Waals surface area contributed by atoms with Gasteiger partial charge in [-0.05, 0) is 19.4 Å². The summed E-state index contributed by atoms with van der Waals surface area (Å²) in [7, 11) is 0. The second-order valence-corrected chi connectivity index (χ2v) is 9.27. The summed E-state index contributed by atoms with van der Waals surface area (Å²) in [6, 6.07) is 11.8. The van der Waals surface area contributed by atoms with Crippen molar-refractivity contribution in [2.45, 2.75) is 26.9 Å². The molecule has 33 heavy (non-hydrogen) atoms. The predicted octanol–water partition coefficient (Wildman–Crippen LogP) is 2.58. The third kappa shape index (κ3) is 4.34. The zero-order valence-corrected chi connectivity index (χ0v) is 19.6. The molecule has 4 heterocycles. The first kappa shape index (κ1) is 21.5. The Morgan fingerprint density at radius 1 is 1.06 bits per heavy atom. The first-order valence-electron chi connectivity index (χ1n) is 11.0. The summed E-state index contributed by atoms with van der Waals surface area (Å²) in [6.45, 7) is 7.90. The molecule has 1 aromatic carbocycles. The molecule has 170 valence electrons. The zero-order valence-electron chi connectivity index (χ0n) is 18.8. The molecule has 0 N–H and O–H groups in total. The molecule has 9 heteroatoms. The highest BCUT2D eigenvalue weighted by atomic mass is 32.1. The van der Waals surface area contributed by atoms with Gasteiger partial charge >= 0.3 is 0 Å². The van der Waals surface area contributed by atoms with Crippen LogP contribution in [0, 0.1) is 13.8 Å². The Morgan fingerprint density at radius 2 is 1.82 bits per heavy atom. The molecule has 1 saturated heterocycles. The number of nitrogens with zero attached hydrogens (tertiary/aromatic N) is 6. The summed E-state index contributed by atoms with van der Waals surface area (Å²) in [4.78, 5) is 35.0. The van der Waals surface area contributed by atoms with Crippen molar-refractivity contribution in [2.24, 2.45) is 0 Å². The van der Waals surface area contributed by atoms with Crippen LogP contribution in [0.2, 0.25) is 0 Å². The van der Waals surface area contributed by atoms with E-state index in [9.17, 15) is 9.59 Å². The van der Waals surface area contributed by atoms with Crippen molar-refractivity contribution >= 4 is 22.2 Å². The molecule has 3 aromatic heterocycles. The largest absolute Gasteiger partial charge is 0.336 e. The van der Waals surface area contributed by atoms with E-state index in [0.29, 0.717) is 36.7 Å². The van der Waals surface area contributed by atoms with Gasteiger partial charge in [0.1, 0.15) is 0 Å². The van der Waals surface area contributed by atoms with Gasteiger partial charge in [-0.3, -0.25) is 23.6 Å². The van der Waals surface area contributed by atoms with Gasteiger partial charge in [0.05, 0.1) is 23.5 Å². The van der Waals surface area contributed by atoms with Gasteiger partial charge in [0.25, 0.3) is 11.5 Å². The third-order valence-electron chi connectivity index (χ3n) is 6.17. The number of carbonyl (C=O) groups is 1. The average molecular weight is 463 g/mol. The number of aryl methyl sites for hydroxylation is 1. The highest BCUT2D eigenvalue weighted by Gasteiger charge is 2.27. The van der Waals surface area contributed by atoms with Crippen LogP contribution in [-0.4, -0.2) is 61.1 Å². The lowest BCUT2D eigenvalue weighted by Crippen LogP contribution is -2.48. The molecule has 0 spiro atoms. The SMILES string of the molecule is Cc1nn(Cc2ccccc2)c(C)c1C(=O)N1CCN(Cc2cc(=O)n3ccsc3n2)CC1. The lowest BCUT2D eigenvalue weighted by Gasteiger charge is -2.34. The summed E-state index contributed by atoms with van der Waals surface area (Å²) in [5.74, 6) is 0.0420. The van der Waals surface area contributed by atoms with E-state index >= 15 is 0 Å². The monoisotopic (exact) mass is 462 g/mol. The van der Waals surface area contributed by atoms with Crippen LogP contribution in [0.15, 0.2) is 52.8 Å². The van der Waals surface area contributed by atoms with E-state index in [2.05, 4.69) is 27.1 Å². The van der Waals surface area contributed by atoms with E-state index in [4.69, 9.17) is 0 Å². The minimum absolute atomic E-state index is 0.0420. The molecule has 1 aliphatic rings. The van der Waals surface area contributed by atoms with Crippen LogP contribution in [0.5, 0.6) is 0 Å². The molecule has 4 aromatic rings. The maximum atomic E-state index is 13.3. The maximum absolute atomic E-state index is 13.3. The van der Waals surface area contributed by atoms with Gasteiger partial charge in [0, 0.05) is 56.1 Å². The zero-order chi connectivity index (χ0) is 22.9. The maximum Gasteiger partial charge on any atom is 0.258 e. The molecule has 1 fully saturated rings. The smallest absolute Gasteiger partial charge is 0.258 e. The number of thiazole rings is 1. The van der Waals surface area contributed by atoms with Crippen molar-refractivity contribution in [1.29, 1.82) is 0 Å². The normalized spacial score (nSPS) is 14.8. The highest BCUT2D eigenvalue weighted by molar-refractivity contribution is 7.15. The van der Waals surface area contributed by atoms with Crippen LogP contribution >= 0.6 is 11.3 Å². The summed E-state index contributed by atoms with van der Waals surface area (Å²) in [5.41, 5.74) is 4.25. The Balaban J connectivity index is 1.24. The first-order chi connectivity index (χ1) is 16.0. The van der Waals surface area contributed by atoms with Crippen molar-refractivity contribution in [3.8, 4) is 0 Å². The Morgan fingerprint density at radius 3 is 2.58 bits per heavy atom. The second-order valence-electron chi connectivity index (χ2n) is 8.40. The number of fused-ring (bicyclic) bond motifs is 1. The Kier molecular flexibility index (Phi) is 5.82. The van der Waals surface area contributed by atoms with Gasteiger partial charge in [0.15, 0.2) is 4.96 Å². The van der Waals surface area contributed by atoms with E-state index in [1.165, 1.54) is 11.3 Å². The number of aromatic nitrogens is 4. The molecular weight excluding hydrogens is 436 g/mol. The van der Waals surface area contributed by atoms with Crippen molar-refractivity contribution in [1.82, 2.24) is 29.0 Å². The summed E-state index contributed by atoms with van der Waals surface area (Å²) < 4.78 is 3.48. The van der Waals surface area contributed by atoms with E-state index in [0.717, 1.165) is 35.7 Å². The highest BCUT2D eigenvalue weighted by Crippen LogP contribution is 2.19. The quantitative estimate of drug-likeness (QED) is 0.456. The van der Waals surface area contributed by atoms with Crippen LogP contribution in [0.4, 0.5) is 0 Å². The summed E-state index contributed by atoms with van der Waals surface area (Å²) >= 11 is 1.46. The Hall–Kier alpha value is -3.30. The second kappa shape index (κ2) is 8.92. The topological polar surface area (TPSA) is 75.7 Å². The first-order valence-corrected chi connectivity index (χ1v) is 11.9. The Labute approximate surface area is 195 Å². The van der Waals surface area contributed by atoms with Crippen LogP contribution in [0.25, 0.3) is 4.96 Å². The molecule has 0 aliphatic carbocycles. The lowest BCUT2D eigenvalue weighted by atomic mass is 10.1. The standard InChI is InChI=1S/C24H26N6O2S/c1-17-22(18(2)30(26-17)15-19-6-4-3-5-7-19)23(32)28-10-8-27(9-11-28)16-20-14-21(31)29-12-13-33-24(29)25-20/h3-7,12-14H,8-11,15-16H2,1-2H3. The van der Waals surface area contributed by atoms with Crippen molar-refractivity contribution in [3.05, 3.63) is 86.5 Å². The molecule has 0 unspecified atom stereocenters. The molecule has 8 nitrogen and oxygen atoms in total. The van der Waals surface area contributed by atoms with E-state index < -0.39 is 0 Å². The number of hydrogen-bond donors (Lipinski definition) is 0. The molecule has 0 radical (unpaired) electrons. The number of rotatable bonds is 5. The minimum atomic E-state index is -0.0523. The van der Waals surface area contributed by atoms with Gasteiger partial charge in [0.2, 0.25) is 0 Å². The number of carbonyl (C=O) groups excluding carboxylic acids is 1. The van der Waals surface area contributed by atoms with Crippen LogP contribution in [0.3, 0.4) is 0 Å². The average Bonchev–Trinajstić information content (AvgIpc) is 3.39. The minimum Gasteiger partial charge on any atom is -0.336 e. The number of hydrogen-bond acceptors (Lipinski definition) is 6. The molecule has 0 bridgehead atoms. The number of benzene rings is 1. The van der Waals surface area contributed by atoms with Crippen molar-refractivity contribution in [3.63, 3.8) is 0 Å². The van der Waals surface area contributed by atoms with Gasteiger partial charge in [-0.1, -0.05) is 30.3 Å². The number of piperazine rings is 1. The van der Waals surface area contributed by atoms with E-state index in [1.807, 2.05) is 47.0 Å². The summed E-state index contributed by atoms with van der Waals surface area (Å²) in [6.07, 6.45) is 1.75. The molecule has 5 rings (SSSR count). The van der Waals surface area contributed by atoms with Gasteiger partial charge in [-0.15, -0.1) is 11.3 Å². The fourth-order valence-electron chi connectivity index (χ4n) is 4.38. The van der Waals surface area contributed by atoms with E-state index in [-0.39, 0.29) is 11.5 Å². The lowest BCUT2D eigenvalue weighted by molar-refractivity contribution is 0.0625. The Bertz CT molecular complexity index is 1350. The molecule has 1 aliphatic heterocycles. The molecular formula is C24H26N6O2S. The predicted molar refractivity (Wildman–Crippen MR) is 128 cm³/mol. The van der Waals surface area contributed by atoms with Crippen LogP contribution in [0.1, 0.15) is 33.0 Å². The fraction of sp³-hybridized carbons (Fsp3) is 0.333. The number of amides is 1. The molecule has 0 atom stereocenters. The van der Waals surface area contributed by atoms with Crippen LogP contribution < -0.4 is 5.56 Å². The fourth-order valence-corrected chi connectivity index (χ4v) is 5.12. The molecule has 1 amide bonds. The van der Waals surface area contributed by atoms with Crippen molar-refractivity contribution in [2.75, 3.05) is 26.2 Å². The van der Waals surface area contributed by atoms with Gasteiger partial charge in [-0.25, -0.2) is 4.98 Å². The van der Waals surface area contributed by atoms with Crippen LogP contribution in [-0.2, 0) is 13.1 Å². The molecule has 0 saturated carbocycles. The summed E-state index contributed by atoms with van der Waals surface area (Å²) in [5, 5.41) is 6.51.